The van der Waals surface area contributed by atoms with E-state index < -0.39 is 0 Å². The third kappa shape index (κ3) is 4.42. The second-order valence-corrected chi connectivity index (χ2v) is 6.26. The summed E-state index contributed by atoms with van der Waals surface area (Å²) in [5.41, 5.74) is 4.63. The Hall–Kier alpha value is -2.14. The van der Waals surface area contributed by atoms with Crippen LogP contribution in [-0.4, -0.2) is 33.9 Å². The molecule has 1 atom stereocenters. The van der Waals surface area contributed by atoms with Crippen molar-refractivity contribution in [3.63, 3.8) is 0 Å². The van der Waals surface area contributed by atoms with Crippen LogP contribution in [0.1, 0.15) is 40.7 Å². The standard InChI is InChI=1S/C18H25N3O2/c1-12(5-6-22)11-19-18(23)17-10-15(4)21(20-17)16-8-13(2)7-14(3)9-16/h7-10,12,22H,5-6,11H2,1-4H3,(H,19,23). The molecular formula is C18H25N3O2. The Morgan fingerprint density at radius 3 is 2.48 bits per heavy atom. The highest BCUT2D eigenvalue weighted by molar-refractivity contribution is 5.92. The van der Waals surface area contributed by atoms with Gasteiger partial charge in [-0.3, -0.25) is 4.79 Å². The molecule has 23 heavy (non-hydrogen) atoms. The molecule has 1 heterocycles. The number of carbonyl (C=O) groups is 1. The molecule has 0 bridgehead atoms. The van der Waals surface area contributed by atoms with Gasteiger partial charge < -0.3 is 10.4 Å². The number of amides is 1. The summed E-state index contributed by atoms with van der Waals surface area (Å²) in [4.78, 5) is 12.2. The lowest BCUT2D eigenvalue weighted by Crippen LogP contribution is -2.29. The second-order valence-electron chi connectivity index (χ2n) is 6.26. The first-order chi connectivity index (χ1) is 10.9. The van der Waals surface area contributed by atoms with E-state index in [2.05, 4.69) is 28.6 Å². The van der Waals surface area contributed by atoms with E-state index in [0.29, 0.717) is 18.7 Å². The van der Waals surface area contributed by atoms with E-state index in [4.69, 9.17) is 5.11 Å². The number of nitrogens with one attached hydrogen (secondary N) is 1. The number of benzene rings is 1. The van der Waals surface area contributed by atoms with Crippen LogP contribution >= 0.6 is 0 Å². The van der Waals surface area contributed by atoms with E-state index in [1.807, 2.05) is 27.7 Å². The van der Waals surface area contributed by atoms with E-state index in [9.17, 15) is 4.79 Å². The minimum atomic E-state index is -0.180. The lowest BCUT2D eigenvalue weighted by molar-refractivity contribution is 0.0940. The number of aliphatic hydroxyl groups is 1. The Balaban J connectivity index is 2.16. The lowest BCUT2D eigenvalue weighted by Gasteiger charge is -2.10. The fourth-order valence-corrected chi connectivity index (χ4v) is 2.60. The number of nitrogens with zero attached hydrogens (tertiary/aromatic N) is 2. The first kappa shape index (κ1) is 17.2. The van der Waals surface area contributed by atoms with Gasteiger partial charge in [0.15, 0.2) is 5.69 Å². The molecule has 5 nitrogen and oxygen atoms in total. The Labute approximate surface area is 137 Å². The molecule has 0 aliphatic carbocycles. The molecule has 0 fully saturated rings. The van der Waals surface area contributed by atoms with Crippen LogP contribution in [-0.2, 0) is 0 Å². The average Bonchev–Trinajstić information content (AvgIpc) is 2.86. The lowest BCUT2D eigenvalue weighted by atomic mass is 10.1. The monoisotopic (exact) mass is 315 g/mol. The normalized spacial score (nSPS) is 12.2. The third-order valence-electron chi connectivity index (χ3n) is 3.80. The van der Waals surface area contributed by atoms with Gasteiger partial charge in [0.1, 0.15) is 0 Å². The van der Waals surface area contributed by atoms with Crippen molar-refractivity contribution in [2.24, 2.45) is 5.92 Å². The summed E-state index contributed by atoms with van der Waals surface area (Å²) in [5, 5.41) is 16.2. The fraction of sp³-hybridized carbons (Fsp3) is 0.444. The molecule has 0 aliphatic rings. The van der Waals surface area contributed by atoms with Crippen molar-refractivity contribution < 1.29 is 9.90 Å². The topological polar surface area (TPSA) is 67.2 Å². The van der Waals surface area contributed by atoms with Crippen molar-refractivity contribution in [3.05, 3.63) is 46.8 Å². The van der Waals surface area contributed by atoms with Crippen molar-refractivity contribution in [3.8, 4) is 5.69 Å². The van der Waals surface area contributed by atoms with Crippen LogP contribution in [0.25, 0.3) is 5.69 Å². The van der Waals surface area contributed by atoms with Crippen LogP contribution in [0.2, 0.25) is 0 Å². The molecule has 0 saturated carbocycles. The van der Waals surface area contributed by atoms with Gasteiger partial charge in [-0.2, -0.15) is 5.10 Å². The maximum Gasteiger partial charge on any atom is 0.271 e. The van der Waals surface area contributed by atoms with Gasteiger partial charge in [0.2, 0.25) is 0 Å². The highest BCUT2D eigenvalue weighted by Crippen LogP contribution is 2.16. The summed E-state index contributed by atoms with van der Waals surface area (Å²) in [7, 11) is 0. The highest BCUT2D eigenvalue weighted by atomic mass is 16.3. The summed E-state index contributed by atoms with van der Waals surface area (Å²) in [5.74, 6) is 0.0626. The third-order valence-corrected chi connectivity index (χ3v) is 3.80. The van der Waals surface area contributed by atoms with Crippen LogP contribution in [0, 0.1) is 26.7 Å². The van der Waals surface area contributed by atoms with E-state index >= 15 is 0 Å². The molecule has 0 radical (unpaired) electrons. The summed E-state index contributed by atoms with van der Waals surface area (Å²) in [6.45, 7) is 8.70. The highest BCUT2D eigenvalue weighted by Gasteiger charge is 2.14. The number of carbonyl (C=O) groups excluding carboxylic acids is 1. The predicted molar refractivity (Wildman–Crippen MR) is 91.0 cm³/mol. The maximum atomic E-state index is 12.2. The van der Waals surface area contributed by atoms with Crippen molar-refractivity contribution >= 4 is 5.91 Å². The molecule has 5 heteroatoms. The number of aliphatic hydroxyl groups excluding tert-OH is 1. The van der Waals surface area contributed by atoms with Gasteiger partial charge >= 0.3 is 0 Å². The molecule has 1 amide bonds. The van der Waals surface area contributed by atoms with E-state index in [0.717, 1.165) is 11.4 Å². The molecule has 0 spiro atoms. The van der Waals surface area contributed by atoms with Gasteiger partial charge in [0.25, 0.3) is 5.91 Å². The number of aryl methyl sites for hydroxylation is 3. The number of rotatable bonds is 6. The molecule has 0 aliphatic heterocycles. The van der Waals surface area contributed by atoms with Gasteiger partial charge in [0.05, 0.1) is 5.69 Å². The van der Waals surface area contributed by atoms with Crippen molar-refractivity contribution in [2.45, 2.75) is 34.1 Å². The average molecular weight is 315 g/mol. The van der Waals surface area contributed by atoms with Crippen LogP contribution in [0.15, 0.2) is 24.3 Å². The second kappa shape index (κ2) is 7.42. The molecule has 2 aromatic rings. The molecule has 2 rings (SSSR count). The largest absolute Gasteiger partial charge is 0.396 e. The molecule has 0 saturated heterocycles. The molecule has 2 N–H and O–H groups in total. The number of aromatic nitrogens is 2. The van der Waals surface area contributed by atoms with Crippen LogP contribution < -0.4 is 5.32 Å². The summed E-state index contributed by atoms with van der Waals surface area (Å²) in [6.07, 6.45) is 0.677. The first-order valence-corrected chi connectivity index (χ1v) is 7.95. The molecule has 1 aromatic carbocycles. The Morgan fingerprint density at radius 2 is 1.87 bits per heavy atom. The van der Waals surface area contributed by atoms with Gasteiger partial charge in [0, 0.05) is 18.8 Å². The quantitative estimate of drug-likeness (QED) is 0.861. The summed E-state index contributed by atoms with van der Waals surface area (Å²) >= 11 is 0. The summed E-state index contributed by atoms with van der Waals surface area (Å²) in [6, 6.07) is 8.01. The maximum absolute atomic E-state index is 12.2. The fourth-order valence-electron chi connectivity index (χ4n) is 2.60. The molecule has 1 aromatic heterocycles. The van der Waals surface area contributed by atoms with E-state index in [1.165, 1.54) is 11.1 Å². The minimum absolute atomic E-state index is 0.136. The van der Waals surface area contributed by atoms with Crippen LogP contribution in [0.4, 0.5) is 0 Å². The first-order valence-electron chi connectivity index (χ1n) is 7.95. The molecule has 1 unspecified atom stereocenters. The van der Waals surface area contributed by atoms with E-state index in [1.54, 1.807) is 10.7 Å². The minimum Gasteiger partial charge on any atom is -0.396 e. The number of hydrogen-bond donors (Lipinski definition) is 2. The van der Waals surface area contributed by atoms with Crippen molar-refractivity contribution in [1.29, 1.82) is 0 Å². The Morgan fingerprint density at radius 1 is 1.22 bits per heavy atom. The zero-order valence-electron chi connectivity index (χ0n) is 14.3. The van der Waals surface area contributed by atoms with E-state index in [-0.39, 0.29) is 18.4 Å². The molecule has 124 valence electrons. The van der Waals surface area contributed by atoms with Crippen LogP contribution in [0.3, 0.4) is 0 Å². The van der Waals surface area contributed by atoms with Gasteiger partial charge in [-0.1, -0.05) is 13.0 Å². The van der Waals surface area contributed by atoms with Crippen molar-refractivity contribution in [1.82, 2.24) is 15.1 Å². The summed E-state index contributed by atoms with van der Waals surface area (Å²) < 4.78 is 1.80. The Bertz CT molecular complexity index is 671. The Kier molecular flexibility index (Phi) is 5.55. The number of hydrogen-bond acceptors (Lipinski definition) is 3. The smallest absolute Gasteiger partial charge is 0.271 e. The van der Waals surface area contributed by atoms with Crippen LogP contribution in [0.5, 0.6) is 0 Å². The van der Waals surface area contributed by atoms with Crippen molar-refractivity contribution in [2.75, 3.05) is 13.2 Å². The SMILES string of the molecule is Cc1cc(C)cc(-n2nc(C(=O)NCC(C)CCO)cc2C)c1. The zero-order valence-corrected chi connectivity index (χ0v) is 14.3. The van der Waals surface area contributed by atoms with Gasteiger partial charge in [-0.15, -0.1) is 0 Å². The van der Waals surface area contributed by atoms with Gasteiger partial charge in [-0.05, 0) is 62.4 Å². The van der Waals surface area contributed by atoms with Gasteiger partial charge in [-0.25, -0.2) is 4.68 Å². The molecular weight excluding hydrogens is 290 g/mol. The predicted octanol–water partition coefficient (Wildman–Crippen LogP) is 2.55. The zero-order chi connectivity index (χ0) is 17.0.